The lowest BCUT2D eigenvalue weighted by Crippen LogP contribution is -2.41. The summed E-state index contributed by atoms with van der Waals surface area (Å²) < 4.78 is 1.89. The number of nitrogens with zero attached hydrogens (tertiary/aromatic N) is 2. The van der Waals surface area contributed by atoms with Crippen LogP contribution in [0, 0.1) is 0 Å². The molecule has 88 valence electrons. The molecule has 1 aliphatic rings. The number of nitrogens with two attached hydrogens (primary N) is 1. The van der Waals surface area contributed by atoms with Crippen molar-refractivity contribution in [3.63, 3.8) is 0 Å². The summed E-state index contributed by atoms with van der Waals surface area (Å²) in [7, 11) is 1.94. The van der Waals surface area contributed by atoms with Gasteiger partial charge in [-0.2, -0.15) is 5.10 Å². The molecule has 0 saturated heterocycles. The van der Waals surface area contributed by atoms with E-state index in [0.717, 1.165) is 24.8 Å². The van der Waals surface area contributed by atoms with Crippen molar-refractivity contribution in [2.45, 2.75) is 38.3 Å². The van der Waals surface area contributed by atoms with Crippen molar-refractivity contribution in [2.24, 2.45) is 12.8 Å². The zero-order chi connectivity index (χ0) is 11.7. The van der Waals surface area contributed by atoms with Gasteiger partial charge in [0.25, 0.3) is 0 Å². The average Bonchev–Trinajstić information content (AvgIpc) is 2.62. The van der Waals surface area contributed by atoms with Gasteiger partial charge in [0.2, 0.25) is 5.91 Å². The predicted molar refractivity (Wildman–Crippen MR) is 60.7 cm³/mol. The Morgan fingerprint density at radius 1 is 1.75 bits per heavy atom. The summed E-state index contributed by atoms with van der Waals surface area (Å²) in [6.45, 7) is 1.70. The van der Waals surface area contributed by atoms with E-state index >= 15 is 0 Å². The van der Waals surface area contributed by atoms with Gasteiger partial charge in [0.1, 0.15) is 0 Å². The number of carbonyl (C=O) groups is 1. The van der Waals surface area contributed by atoms with Crippen LogP contribution in [0.2, 0.25) is 0 Å². The minimum Gasteiger partial charge on any atom is -0.348 e. The maximum atomic E-state index is 11.6. The molecular formula is C11H18N4O. The van der Waals surface area contributed by atoms with Crippen LogP contribution in [0.1, 0.15) is 37.1 Å². The number of aromatic nitrogens is 2. The van der Waals surface area contributed by atoms with E-state index in [4.69, 9.17) is 5.73 Å². The molecule has 3 N–H and O–H groups in total. The van der Waals surface area contributed by atoms with Gasteiger partial charge in [0.05, 0.1) is 18.3 Å². The number of carbonyl (C=O) groups excluding carboxylic acids is 1. The number of hydrogen-bond acceptors (Lipinski definition) is 3. The first-order chi connectivity index (χ1) is 7.59. The van der Waals surface area contributed by atoms with E-state index in [1.54, 1.807) is 6.92 Å². The summed E-state index contributed by atoms with van der Waals surface area (Å²) in [5.74, 6) is -0.0956. The number of aryl methyl sites for hydroxylation is 1. The zero-order valence-corrected chi connectivity index (χ0v) is 9.73. The lowest BCUT2D eigenvalue weighted by Gasteiger charge is -2.24. The van der Waals surface area contributed by atoms with Gasteiger partial charge < -0.3 is 11.1 Å². The predicted octanol–water partition coefficient (Wildman–Crippen LogP) is 0.261. The summed E-state index contributed by atoms with van der Waals surface area (Å²) in [4.78, 5) is 11.6. The highest BCUT2D eigenvalue weighted by Crippen LogP contribution is 2.28. The van der Waals surface area contributed by atoms with Crippen LogP contribution in [0.5, 0.6) is 0 Å². The fraction of sp³-hybridized carbons (Fsp3) is 0.636. The second kappa shape index (κ2) is 4.25. The fourth-order valence-electron chi connectivity index (χ4n) is 2.16. The third-order valence-electron chi connectivity index (χ3n) is 3.11. The summed E-state index contributed by atoms with van der Waals surface area (Å²) in [6.07, 6.45) is 4.94. The first kappa shape index (κ1) is 11.1. The van der Waals surface area contributed by atoms with Crippen LogP contribution < -0.4 is 11.1 Å². The number of fused-ring (bicyclic) bond motifs is 1. The Kier molecular flexibility index (Phi) is 2.96. The molecule has 1 aromatic rings. The van der Waals surface area contributed by atoms with Crippen LogP contribution >= 0.6 is 0 Å². The van der Waals surface area contributed by atoms with Crippen molar-refractivity contribution >= 4 is 5.91 Å². The van der Waals surface area contributed by atoms with Crippen molar-refractivity contribution in [3.05, 3.63) is 17.5 Å². The van der Waals surface area contributed by atoms with E-state index in [9.17, 15) is 4.79 Å². The highest BCUT2D eigenvalue weighted by Gasteiger charge is 2.25. The fourth-order valence-corrected chi connectivity index (χ4v) is 2.16. The third-order valence-corrected chi connectivity index (χ3v) is 3.11. The van der Waals surface area contributed by atoms with Crippen molar-refractivity contribution in [1.29, 1.82) is 0 Å². The Morgan fingerprint density at radius 2 is 2.50 bits per heavy atom. The summed E-state index contributed by atoms with van der Waals surface area (Å²) in [6, 6.07) is -0.377. The van der Waals surface area contributed by atoms with E-state index in [-0.39, 0.29) is 11.9 Å². The van der Waals surface area contributed by atoms with Gasteiger partial charge in [-0.15, -0.1) is 0 Å². The minimum absolute atomic E-state index is 0.0796. The van der Waals surface area contributed by atoms with E-state index < -0.39 is 6.04 Å². The van der Waals surface area contributed by atoms with E-state index in [0.29, 0.717) is 0 Å². The molecule has 0 saturated carbocycles. The van der Waals surface area contributed by atoms with Gasteiger partial charge in [0, 0.05) is 18.3 Å². The van der Waals surface area contributed by atoms with Gasteiger partial charge in [0.15, 0.2) is 0 Å². The molecule has 1 heterocycles. The highest BCUT2D eigenvalue weighted by molar-refractivity contribution is 5.81. The largest absolute Gasteiger partial charge is 0.348 e. The Hall–Kier alpha value is -1.36. The van der Waals surface area contributed by atoms with Crippen molar-refractivity contribution in [2.75, 3.05) is 0 Å². The smallest absolute Gasteiger partial charge is 0.237 e. The van der Waals surface area contributed by atoms with Crippen molar-refractivity contribution in [3.8, 4) is 0 Å². The Labute approximate surface area is 95.0 Å². The first-order valence-electron chi connectivity index (χ1n) is 5.66. The summed E-state index contributed by atoms with van der Waals surface area (Å²) in [5, 5.41) is 7.21. The van der Waals surface area contributed by atoms with Gasteiger partial charge >= 0.3 is 0 Å². The van der Waals surface area contributed by atoms with Crippen molar-refractivity contribution < 1.29 is 4.79 Å². The molecule has 1 amide bonds. The maximum absolute atomic E-state index is 11.6. The SMILES string of the molecule is C[C@@H](N)C(=O)NC1CCCc2c1cnn2C. The minimum atomic E-state index is -0.456. The van der Waals surface area contributed by atoms with Crippen LogP contribution in [0.15, 0.2) is 6.20 Å². The maximum Gasteiger partial charge on any atom is 0.237 e. The van der Waals surface area contributed by atoms with Gasteiger partial charge in [-0.25, -0.2) is 0 Å². The molecule has 0 fully saturated rings. The van der Waals surface area contributed by atoms with Crippen LogP contribution in [0.3, 0.4) is 0 Å². The monoisotopic (exact) mass is 222 g/mol. The summed E-state index contributed by atoms with van der Waals surface area (Å²) >= 11 is 0. The molecule has 1 aromatic heterocycles. The molecule has 1 aliphatic carbocycles. The molecule has 0 bridgehead atoms. The Bertz CT molecular complexity index is 397. The zero-order valence-electron chi connectivity index (χ0n) is 9.73. The quantitative estimate of drug-likeness (QED) is 0.754. The first-order valence-corrected chi connectivity index (χ1v) is 5.66. The third kappa shape index (κ3) is 1.95. The molecule has 2 atom stereocenters. The van der Waals surface area contributed by atoms with Gasteiger partial charge in [-0.3, -0.25) is 9.48 Å². The molecule has 0 aromatic carbocycles. The standard InChI is InChI=1S/C11H18N4O/c1-7(12)11(16)14-9-4-3-5-10-8(9)6-13-15(10)2/h6-7,9H,3-5,12H2,1-2H3,(H,14,16)/t7-,9?/m1/s1. The average molecular weight is 222 g/mol. The topological polar surface area (TPSA) is 72.9 Å². The summed E-state index contributed by atoms with van der Waals surface area (Å²) in [5.41, 5.74) is 7.91. The van der Waals surface area contributed by atoms with Crippen LogP contribution in [0.25, 0.3) is 0 Å². The Balaban J connectivity index is 2.16. The van der Waals surface area contributed by atoms with E-state index in [2.05, 4.69) is 10.4 Å². The highest BCUT2D eigenvalue weighted by atomic mass is 16.2. The van der Waals surface area contributed by atoms with Gasteiger partial charge in [-0.1, -0.05) is 0 Å². The number of rotatable bonds is 2. The second-order valence-corrected chi connectivity index (χ2v) is 4.41. The molecule has 1 unspecified atom stereocenters. The molecule has 5 heteroatoms. The van der Waals surface area contributed by atoms with Crippen LogP contribution in [-0.4, -0.2) is 21.7 Å². The number of nitrogens with one attached hydrogen (secondary N) is 1. The van der Waals surface area contributed by atoms with E-state index in [1.165, 1.54) is 5.69 Å². The number of hydrogen-bond donors (Lipinski definition) is 2. The van der Waals surface area contributed by atoms with Crippen LogP contribution in [0.4, 0.5) is 0 Å². The van der Waals surface area contributed by atoms with E-state index in [1.807, 2.05) is 17.9 Å². The normalized spacial score (nSPS) is 21.3. The van der Waals surface area contributed by atoms with Crippen LogP contribution in [-0.2, 0) is 18.3 Å². The molecule has 5 nitrogen and oxygen atoms in total. The lowest BCUT2D eigenvalue weighted by atomic mass is 9.93. The van der Waals surface area contributed by atoms with Gasteiger partial charge in [-0.05, 0) is 26.2 Å². The molecule has 0 aliphatic heterocycles. The molecule has 0 spiro atoms. The lowest BCUT2D eigenvalue weighted by molar-refractivity contribution is -0.122. The number of amides is 1. The molecule has 0 radical (unpaired) electrons. The Morgan fingerprint density at radius 3 is 3.19 bits per heavy atom. The second-order valence-electron chi connectivity index (χ2n) is 4.41. The van der Waals surface area contributed by atoms with Crippen molar-refractivity contribution in [1.82, 2.24) is 15.1 Å². The molecule has 2 rings (SSSR count). The molecule has 16 heavy (non-hydrogen) atoms. The molecular weight excluding hydrogens is 204 g/mol.